The van der Waals surface area contributed by atoms with Crippen LogP contribution in [0.4, 0.5) is 0 Å². The van der Waals surface area contributed by atoms with Crippen LogP contribution in [0.1, 0.15) is 21.8 Å². The number of primary amides is 1. The van der Waals surface area contributed by atoms with Crippen molar-refractivity contribution in [2.24, 2.45) is 17.4 Å². The molecule has 4 N–H and O–H groups in total. The van der Waals surface area contributed by atoms with E-state index in [4.69, 9.17) is 11.5 Å². The molecule has 26 heavy (non-hydrogen) atoms. The van der Waals surface area contributed by atoms with Gasteiger partial charge in [-0.15, -0.1) is 12.4 Å². The Bertz CT molecular complexity index is 857. The lowest BCUT2D eigenvalue weighted by Gasteiger charge is -2.17. The zero-order chi connectivity index (χ0) is 18.0. The number of nitrogens with two attached hydrogens (primary N) is 2. The normalized spacial score (nSPS) is 20.5. The molecule has 0 radical (unpaired) electrons. The Morgan fingerprint density at radius 2 is 1.65 bits per heavy atom. The minimum atomic E-state index is -3.64. The van der Waals surface area contributed by atoms with Crippen LogP contribution in [0.25, 0.3) is 0 Å². The lowest BCUT2D eigenvalue weighted by Crippen LogP contribution is -2.30. The molecule has 2 aromatic rings. The Hall–Kier alpha value is -1.93. The summed E-state index contributed by atoms with van der Waals surface area (Å²) in [6, 6.07) is 15.5. The second-order valence-corrected chi connectivity index (χ2v) is 8.16. The van der Waals surface area contributed by atoms with Crippen molar-refractivity contribution in [3.8, 4) is 0 Å². The fraction of sp³-hybridized carbons (Fsp3) is 0.278. The number of rotatable bonds is 5. The minimum Gasteiger partial charge on any atom is -0.366 e. The largest absolute Gasteiger partial charge is 0.366 e. The lowest BCUT2D eigenvalue weighted by molar-refractivity contribution is 0.1000. The molecule has 0 aromatic heterocycles. The zero-order valence-corrected chi connectivity index (χ0v) is 15.7. The van der Waals surface area contributed by atoms with Gasteiger partial charge in [-0.25, -0.2) is 8.42 Å². The Morgan fingerprint density at radius 1 is 1.04 bits per heavy atom. The SMILES string of the molecule is Cl.NC[C@@H]1CN(S(=O)(=O)c2ccc(C(N)=O)cc2)C[C@H]1c1ccccc1. The molecule has 0 bridgehead atoms. The third kappa shape index (κ3) is 3.91. The fourth-order valence-corrected chi connectivity index (χ4v) is 4.81. The molecule has 0 spiro atoms. The summed E-state index contributed by atoms with van der Waals surface area (Å²) in [5.74, 6) is -0.439. The molecule has 2 aromatic carbocycles. The second-order valence-electron chi connectivity index (χ2n) is 6.22. The van der Waals surface area contributed by atoms with Crippen LogP contribution in [0.15, 0.2) is 59.5 Å². The van der Waals surface area contributed by atoms with Crippen LogP contribution in [-0.4, -0.2) is 38.3 Å². The average Bonchev–Trinajstić information content (AvgIpc) is 3.08. The highest BCUT2D eigenvalue weighted by molar-refractivity contribution is 7.89. The van der Waals surface area contributed by atoms with Gasteiger partial charge in [0.2, 0.25) is 15.9 Å². The first kappa shape index (κ1) is 20.4. The molecule has 140 valence electrons. The summed E-state index contributed by atoms with van der Waals surface area (Å²) in [6.07, 6.45) is 0. The van der Waals surface area contributed by atoms with Gasteiger partial charge in [0.15, 0.2) is 0 Å². The summed E-state index contributed by atoms with van der Waals surface area (Å²) in [5, 5.41) is 0. The van der Waals surface area contributed by atoms with E-state index < -0.39 is 15.9 Å². The summed E-state index contributed by atoms with van der Waals surface area (Å²) in [7, 11) is -3.64. The molecule has 6 nitrogen and oxygen atoms in total. The van der Waals surface area contributed by atoms with Crippen molar-refractivity contribution in [2.45, 2.75) is 10.8 Å². The topological polar surface area (TPSA) is 106 Å². The first-order chi connectivity index (χ1) is 11.9. The van der Waals surface area contributed by atoms with Gasteiger partial charge in [0.1, 0.15) is 0 Å². The predicted molar refractivity (Wildman–Crippen MR) is 103 cm³/mol. The molecule has 1 fully saturated rings. The molecule has 2 atom stereocenters. The summed E-state index contributed by atoms with van der Waals surface area (Å²) in [4.78, 5) is 11.3. The quantitative estimate of drug-likeness (QED) is 0.801. The standard InChI is InChI=1S/C18H21N3O3S.ClH/c19-10-15-11-21(12-17(15)13-4-2-1-3-5-13)25(23,24)16-8-6-14(7-9-16)18(20)22;/h1-9,15,17H,10-12,19H2,(H2,20,22);1H/t15-,17+;/m1./s1. The van der Waals surface area contributed by atoms with Crippen molar-refractivity contribution in [1.82, 2.24) is 4.31 Å². The van der Waals surface area contributed by atoms with E-state index in [0.29, 0.717) is 19.6 Å². The third-order valence-electron chi connectivity index (χ3n) is 4.71. The van der Waals surface area contributed by atoms with Crippen LogP contribution in [0, 0.1) is 5.92 Å². The van der Waals surface area contributed by atoms with Crippen molar-refractivity contribution < 1.29 is 13.2 Å². The van der Waals surface area contributed by atoms with Crippen molar-refractivity contribution in [3.05, 3.63) is 65.7 Å². The number of carbonyl (C=O) groups is 1. The van der Waals surface area contributed by atoms with Crippen molar-refractivity contribution in [3.63, 3.8) is 0 Å². The molecule has 1 heterocycles. The van der Waals surface area contributed by atoms with E-state index in [9.17, 15) is 13.2 Å². The van der Waals surface area contributed by atoms with Crippen molar-refractivity contribution in [2.75, 3.05) is 19.6 Å². The van der Waals surface area contributed by atoms with Gasteiger partial charge in [-0.2, -0.15) is 4.31 Å². The average molecular weight is 396 g/mol. The molecule has 8 heteroatoms. The summed E-state index contributed by atoms with van der Waals surface area (Å²) in [5.41, 5.74) is 12.5. The molecular formula is C18H22ClN3O3S. The van der Waals surface area contributed by atoms with E-state index in [2.05, 4.69) is 0 Å². The molecule has 1 aliphatic heterocycles. The van der Waals surface area contributed by atoms with E-state index in [-0.39, 0.29) is 34.7 Å². The molecule has 0 aliphatic carbocycles. The smallest absolute Gasteiger partial charge is 0.248 e. The van der Waals surface area contributed by atoms with E-state index >= 15 is 0 Å². The van der Waals surface area contributed by atoms with Crippen LogP contribution in [0.5, 0.6) is 0 Å². The maximum atomic E-state index is 12.9. The summed E-state index contributed by atoms with van der Waals surface area (Å²) in [6.45, 7) is 1.20. The van der Waals surface area contributed by atoms with E-state index in [1.54, 1.807) is 0 Å². The van der Waals surface area contributed by atoms with Gasteiger partial charge in [0.25, 0.3) is 0 Å². The minimum absolute atomic E-state index is 0. The number of amides is 1. The highest BCUT2D eigenvalue weighted by atomic mass is 35.5. The summed E-state index contributed by atoms with van der Waals surface area (Å²) >= 11 is 0. The van der Waals surface area contributed by atoms with Crippen molar-refractivity contribution in [1.29, 1.82) is 0 Å². The van der Waals surface area contributed by atoms with Crippen LogP contribution in [0.2, 0.25) is 0 Å². The highest BCUT2D eigenvalue weighted by Gasteiger charge is 2.39. The number of nitrogens with zero attached hydrogens (tertiary/aromatic N) is 1. The molecule has 1 saturated heterocycles. The van der Waals surface area contributed by atoms with E-state index in [1.165, 1.54) is 28.6 Å². The Morgan fingerprint density at radius 3 is 2.19 bits per heavy atom. The lowest BCUT2D eigenvalue weighted by atomic mass is 9.89. The number of halogens is 1. The summed E-state index contributed by atoms with van der Waals surface area (Å²) < 4.78 is 27.3. The molecule has 3 rings (SSSR count). The van der Waals surface area contributed by atoms with Crippen LogP contribution < -0.4 is 11.5 Å². The van der Waals surface area contributed by atoms with Gasteiger partial charge in [0.05, 0.1) is 4.90 Å². The fourth-order valence-electron chi connectivity index (χ4n) is 3.28. The van der Waals surface area contributed by atoms with E-state index in [1.807, 2.05) is 30.3 Å². The van der Waals surface area contributed by atoms with Crippen LogP contribution >= 0.6 is 12.4 Å². The first-order valence-corrected chi connectivity index (χ1v) is 9.52. The molecule has 1 amide bonds. The van der Waals surface area contributed by atoms with Gasteiger partial charge in [0, 0.05) is 24.6 Å². The number of carbonyl (C=O) groups excluding carboxylic acids is 1. The molecule has 1 aliphatic rings. The molecular weight excluding hydrogens is 374 g/mol. The third-order valence-corrected chi connectivity index (χ3v) is 6.56. The first-order valence-electron chi connectivity index (χ1n) is 8.08. The monoisotopic (exact) mass is 395 g/mol. The Kier molecular flexibility index (Phi) is 6.41. The van der Waals surface area contributed by atoms with Gasteiger partial charge < -0.3 is 11.5 Å². The number of sulfonamides is 1. The van der Waals surface area contributed by atoms with Gasteiger partial charge in [-0.05, 0) is 42.3 Å². The Balaban J connectivity index is 0.00000243. The molecule has 0 saturated carbocycles. The Labute approximate surface area is 159 Å². The van der Waals surface area contributed by atoms with Gasteiger partial charge in [-0.1, -0.05) is 30.3 Å². The zero-order valence-electron chi connectivity index (χ0n) is 14.1. The second kappa shape index (κ2) is 8.18. The predicted octanol–water partition coefficient (Wildman–Crippen LogP) is 1.57. The van der Waals surface area contributed by atoms with Gasteiger partial charge in [-0.3, -0.25) is 4.79 Å². The van der Waals surface area contributed by atoms with Crippen molar-refractivity contribution >= 4 is 28.3 Å². The van der Waals surface area contributed by atoms with Crippen LogP contribution in [-0.2, 0) is 10.0 Å². The maximum absolute atomic E-state index is 12.9. The van der Waals surface area contributed by atoms with Gasteiger partial charge >= 0.3 is 0 Å². The number of hydrogen-bond donors (Lipinski definition) is 2. The number of benzene rings is 2. The maximum Gasteiger partial charge on any atom is 0.248 e. The van der Waals surface area contributed by atoms with E-state index in [0.717, 1.165) is 5.56 Å². The number of hydrogen-bond acceptors (Lipinski definition) is 4. The highest BCUT2D eigenvalue weighted by Crippen LogP contribution is 2.35. The molecule has 0 unspecified atom stereocenters. The van der Waals surface area contributed by atoms with Crippen LogP contribution in [0.3, 0.4) is 0 Å².